The molecular weight excluding hydrogens is 1320 g/mol. The van der Waals surface area contributed by atoms with Gasteiger partial charge < -0.3 is 102 Å². The zero-order valence-corrected chi connectivity index (χ0v) is 58.6. The molecule has 562 valence electrons. The Kier molecular flexibility index (Phi) is 38.0. The van der Waals surface area contributed by atoms with Gasteiger partial charge in [0.15, 0.2) is 0 Å². The van der Waals surface area contributed by atoms with Crippen LogP contribution in [0.2, 0.25) is 0 Å². The molecule has 0 saturated heterocycles. The number of aromatic amines is 2. The molecule has 0 aromatic carbocycles. The molecule has 0 bridgehead atoms. The molecule has 36 heteroatoms. The van der Waals surface area contributed by atoms with Crippen LogP contribution in [0.25, 0.3) is 0 Å². The number of primary amides is 3. The van der Waals surface area contributed by atoms with Crippen molar-refractivity contribution in [3.8, 4) is 0 Å². The summed E-state index contributed by atoms with van der Waals surface area (Å²) in [7, 11) is 0. The van der Waals surface area contributed by atoms with Crippen molar-refractivity contribution in [2.24, 2.45) is 34.8 Å². The van der Waals surface area contributed by atoms with E-state index in [0.29, 0.717) is 43.5 Å². The van der Waals surface area contributed by atoms with Gasteiger partial charge in [0, 0.05) is 56.4 Å². The van der Waals surface area contributed by atoms with Crippen molar-refractivity contribution in [3.63, 3.8) is 0 Å². The molecular formula is C65H105N19O17. The Morgan fingerprint density at radius 2 is 0.871 bits per heavy atom. The normalized spacial score (nSPS) is 15.0. The second kappa shape index (κ2) is 44.1. The number of imidazole rings is 2. The fourth-order valence-corrected chi connectivity index (χ4v) is 10.4. The van der Waals surface area contributed by atoms with Crippen LogP contribution < -0.4 is 81.4 Å². The molecule has 14 amide bonds. The number of H-pyrrole nitrogens is 2. The standard InChI is InChI=1S/C65H105N19O17/c1-10-12-15-23-64(8,83-60(98)41(18-14-17-25-66)75-57(95)46(74-38(7)86)28-39-31-70-34-72-39)62(100)82-45(27-37(5)6)56(94)78-47(29-40-32-71-35-73-40)58(96)77-43(20-22-51(68)88)61(99)84-65(9,24-16-13-11-2)63(101)81-44(26-36(3)4)55(93)76-42(19-21-50(67)87)54(92)79-48(30-52(89)90)59(97)80-49(33-85)53(69)91/h10-11,31-32,34-37,41-49,85H,1-2,12-30,33,66H2,3-9H3,(H2,67,87)(H2,68,88)(H2,69,91)(H,70,72)(H,71,73)(H,74,86)(H,75,95)(H,76,93)(H,77,96)(H,78,94)(H,79,92)(H,80,97)(H,81,101)(H,82,100)(H,83,98)(H,84,99)(H,89,90)/t41-,42-,43-,44-,45-,46-,47-,48-,49-,64-,65-/m0/s1. The lowest BCUT2D eigenvalue weighted by molar-refractivity contribution is -0.141. The summed E-state index contributed by atoms with van der Waals surface area (Å²) in [4.78, 5) is 218. The number of hydrogen-bond acceptors (Lipinski definition) is 19. The van der Waals surface area contributed by atoms with E-state index in [1.807, 2.05) is 5.32 Å². The summed E-state index contributed by atoms with van der Waals surface area (Å²) in [5.41, 5.74) is 19.0. The summed E-state index contributed by atoms with van der Waals surface area (Å²) in [5, 5.41) is 47.2. The number of rotatable bonds is 51. The van der Waals surface area contributed by atoms with Crippen LogP contribution in [-0.2, 0) is 84.8 Å². The molecule has 0 unspecified atom stereocenters. The topological polar surface area (TPSA) is 590 Å². The van der Waals surface area contributed by atoms with Gasteiger partial charge in [0.25, 0.3) is 0 Å². The van der Waals surface area contributed by atoms with Crippen LogP contribution in [0.4, 0.5) is 0 Å². The number of carboxylic acid groups (broad SMARTS) is 1. The Labute approximate surface area is 586 Å². The first-order valence-electron chi connectivity index (χ1n) is 33.4. The number of nitrogens with one attached hydrogen (secondary N) is 13. The molecule has 0 spiro atoms. The molecule has 0 aliphatic carbocycles. The predicted molar refractivity (Wildman–Crippen MR) is 366 cm³/mol. The largest absolute Gasteiger partial charge is 0.481 e. The molecule has 101 heavy (non-hydrogen) atoms. The van der Waals surface area contributed by atoms with Gasteiger partial charge in [0.1, 0.15) is 65.5 Å². The third kappa shape index (κ3) is 32.2. The zero-order valence-electron chi connectivity index (χ0n) is 58.6. The van der Waals surface area contributed by atoms with Crippen molar-refractivity contribution >= 4 is 88.7 Å². The number of aromatic nitrogens is 4. The smallest absolute Gasteiger partial charge is 0.305 e. The lowest BCUT2D eigenvalue weighted by Gasteiger charge is -2.34. The maximum absolute atomic E-state index is 14.9. The predicted octanol–water partition coefficient (Wildman–Crippen LogP) is -3.53. The number of unbranched alkanes of at least 4 members (excludes halogenated alkanes) is 3. The van der Waals surface area contributed by atoms with Gasteiger partial charge in [0.2, 0.25) is 82.7 Å². The minimum atomic E-state index is -1.98. The fourth-order valence-electron chi connectivity index (χ4n) is 10.4. The number of amides is 14. The van der Waals surface area contributed by atoms with Gasteiger partial charge in [-0.3, -0.25) is 71.9 Å². The first kappa shape index (κ1) is 87.0. The summed E-state index contributed by atoms with van der Waals surface area (Å²) in [6.45, 7) is 17.7. The molecule has 0 radical (unpaired) electrons. The van der Waals surface area contributed by atoms with Crippen molar-refractivity contribution in [3.05, 3.63) is 61.7 Å². The van der Waals surface area contributed by atoms with Gasteiger partial charge in [-0.25, -0.2) is 9.97 Å². The highest BCUT2D eigenvalue weighted by atomic mass is 16.4. The van der Waals surface area contributed by atoms with E-state index in [9.17, 15) is 82.1 Å². The Hall–Kier alpha value is -10.1. The van der Waals surface area contributed by atoms with Gasteiger partial charge in [-0.05, 0) is 116 Å². The summed E-state index contributed by atoms with van der Waals surface area (Å²) in [6, 6.07) is -14.0. The first-order chi connectivity index (χ1) is 47.5. The summed E-state index contributed by atoms with van der Waals surface area (Å²) >= 11 is 0. The number of carboxylic acids is 1. The number of allylic oxidation sites excluding steroid dienone is 2. The van der Waals surface area contributed by atoms with Crippen molar-refractivity contribution in [1.82, 2.24) is 78.4 Å². The van der Waals surface area contributed by atoms with Crippen LogP contribution in [0.3, 0.4) is 0 Å². The van der Waals surface area contributed by atoms with Crippen LogP contribution in [0.5, 0.6) is 0 Å². The zero-order chi connectivity index (χ0) is 76.2. The minimum Gasteiger partial charge on any atom is -0.481 e. The van der Waals surface area contributed by atoms with Crippen LogP contribution in [0, 0.1) is 11.8 Å². The Balaban J connectivity index is 2.64. The molecule has 36 nitrogen and oxygen atoms in total. The lowest BCUT2D eigenvalue weighted by atomic mass is 9.91. The van der Waals surface area contributed by atoms with E-state index in [1.165, 1.54) is 51.9 Å². The molecule has 2 rings (SSSR count). The molecule has 2 heterocycles. The van der Waals surface area contributed by atoms with Gasteiger partial charge in [-0.1, -0.05) is 39.8 Å². The van der Waals surface area contributed by atoms with E-state index in [-0.39, 0.29) is 69.7 Å². The monoisotopic (exact) mass is 1420 g/mol. The number of carbonyl (C=O) groups excluding carboxylic acids is 14. The molecule has 2 aromatic heterocycles. The van der Waals surface area contributed by atoms with E-state index < -0.39 is 193 Å². The van der Waals surface area contributed by atoms with Crippen LogP contribution in [0.1, 0.15) is 163 Å². The van der Waals surface area contributed by atoms with Crippen LogP contribution in [0.15, 0.2) is 50.4 Å². The van der Waals surface area contributed by atoms with Gasteiger partial charge >= 0.3 is 5.97 Å². The van der Waals surface area contributed by atoms with E-state index in [1.54, 1.807) is 33.8 Å². The first-order valence-corrected chi connectivity index (χ1v) is 33.4. The molecule has 0 saturated carbocycles. The van der Waals surface area contributed by atoms with E-state index in [0.717, 1.165) is 0 Å². The van der Waals surface area contributed by atoms with Crippen LogP contribution >= 0.6 is 0 Å². The maximum atomic E-state index is 14.9. The molecule has 23 N–H and O–H groups in total. The van der Waals surface area contributed by atoms with Crippen molar-refractivity contribution in [2.45, 2.75) is 229 Å². The third-order valence-corrected chi connectivity index (χ3v) is 16.0. The average molecular weight is 1420 g/mol. The van der Waals surface area contributed by atoms with Crippen molar-refractivity contribution in [1.29, 1.82) is 0 Å². The molecule has 0 fully saturated rings. The number of hydrogen-bond donors (Lipinski definition) is 19. The Morgan fingerprint density at radius 1 is 0.505 bits per heavy atom. The Morgan fingerprint density at radius 3 is 1.23 bits per heavy atom. The average Bonchev–Trinajstić information content (AvgIpc) is 1.59. The number of aliphatic carboxylic acids is 1. The Bertz CT molecular complexity index is 3150. The SMILES string of the molecule is C=CCCC[C@](C)(NC(=O)[C@H](CCCCN)NC(=O)[C@H](Cc1cnc[nH]1)NC(C)=O)C(=O)N[C@@H](CC(C)C)C(=O)N[C@@H](Cc1cnc[nH]1)C(=O)N[C@@H](CCC(N)=O)C(=O)N[C@@](C)(CCCC=C)C(=O)N[C@@H](CC(C)C)C(=O)N[C@@H](CCC(N)=O)C(=O)N[C@@H](CC(=O)O)C(=O)N[C@@H](CO)C(N)=O. The minimum absolute atomic E-state index is 0.00543. The van der Waals surface area contributed by atoms with Crippen molar-refractivity contribution < 1.29 is 82.1 Å². The van der Waals surface area contributed by atoms with E-state index in [2.05, 4.69) is 86.3 Å². The van der Waals surface area contributed by atoms with Crippen LogP contribution in [-0.4, -0.2) is 197 Å². The lowest BCUT2D eigenvalue weighted by Crippen LogP contribution is -2.65. The summed E-state index contributed by atoms with van der Waals surface area (Å²) < 4.78 is 0. The molecule has 0 aliphatic rings. The summed E-state index contributed by atoms with van der Waals surface area (Å²) in [6.07, 6.45) is 7.00. The second-order valence-corrected chi connectivity index (χ2v) is 26.0. The second-order valence-electron chi connectivity index (χ2n) is 26.0. The molecule has 0 aliphatic heterocycles. The van der Waals surface area contributed by atoms with Gasteiger partial charge in [-0.15, -0.1) is 13.2 Å². The van der Waals surface area contributed by atoms with E-state index >= 15 is 0 Å². The highest BCUT2D eigenvalue weighted by Gasteiger charge is 2.43. The quantitative estimate of drug-likeness (QED) is 0.0225. The third-order valence-electron chi connectivity index (χ3n) is 16.0. The number of carbonyl (C=O) groups is 15. The number of aliphatic hydroxyl groups excluding tert-OH is 1. The van der Waals surface area contributed by atoms with Gasteiger partial charge in [-0.2, -0.15) is 0 Å². The van der Waals surface area contributed by atoms with E-state index in [4.69, 9.17) is 22.9 Å². The highest BCUT2D eigenvalue weighted by Crippen LogP contribution is 2.21. The molecule has 2 aromatic rings. The fraction of sp³-hybridized carbons (Fsp3) is 0.615. The summed E-state index contributed by atoms with van der Waals surface area (Å²) in [5.74, 6) is -15.6. The number of nitrogens with two attached hydrogens (primary N) is 4. The molecule has 11 atom stereocenters. The highest BCUT2D eigenvalue weighted by molar-refractivity contribution is 6.01. The number of aliphatic hydroxyl groups is 1. The van der Waals surface area contributed by atoms with Crippen molar-refractivity contribution in [2.75, 3.05) is 13.2 Å². The van der Waals surface area contributed by atoms with Gasteiger partial charge in [0.05, 0.1) is 25.7 Å². The number of nitrogens with zero attached hydrogens (tertiary/aromatic N) is 2. The maximum Gasteiger partial charge on any atom is 0.305 e.